The summed E-state index contributed by atoms with van der Waals surface area (Å²) < 4.78 is 15.6. The average Bonchev–Trinajstić information content (AvgIpc) is 2.98. The molecule has 0 fully saturated rings. The van der Waals surface area contributed by atoms with Gasteiger partial charge in [-0.1, -0.05) is 0 Å². The average molecular weight is 746 g/mol. The van der Waals surface area contributed by atoms with Crippen molar-refractivity contribution in [1.82, 2.24) is 0 Å². The topological polar surface area (TPSA) is 52.6 Å². The van der Waals surface area contributed by atoms with E-state index in [0.29, 0.717) is 11.1 Å². The van der Waals surface area contributed by atoms with E-state index >= 15 is 0 Å². The SMILES string of the molecule is C/C(C(=O)[O][SnH]([CH2]c1ccccc1)[CH2]c1ccccc1)=C(\C)C(=O)[O][SnH]([CH2]c1ccccc1)[CH2]c1ccccc1. The molecule has 0 saturated carbocycles. The van der Waals surface area contributed by atoms with Crippen molar-refractivity contribution in [3.63, 3.8) is 0 Å². The first-order valence-corrected chi connectivity index (χ1v) is 25.7. The second-order valence-electron chi connectivity index (χ2n) is 10.1. The van der Waals surface area contributed by atoms with Gasteiger partial charge in [-0.25, -0.2) is 0 Å². The molecule has 0 saturated heterocycles. The molecular weight excluding hydrogens is 710 g/mol. The van der Waals surface area contributed by atoms with E-state index in [4.69, 9.17) is 6.15 Å². The molecule has 4 aromatic rings. The minimum atomic E-state index is -2.87. The third-order valence-corrected chi connectivity index (χ3v) is 20.7. The quantitative estimate of drug-likeness (QED) is 0.132. The first-order valence-electron chi connectivity index (χ1n) is 13.7. The Kier molecular flexibility index (Phi) is 11.9. The van der Waals surface area contributed by atoms with E-state index in [1.807, 2.05) is 72.8 Å². The molecule has 0 aliphatic heterocycles. The number of carbonyl (C=O) groups excluding carboxylic acids is 2. The van der Waals surface area contributed by atoms with Crippen LogP contribution in [0.25, 0.3) is 0 Å². The summed E-state index contributed by atoms with van der Waals surface area (Å²) in [6.45, 7) is 3.37. The third-order valence-electron chi connectivity index (χ3n) is 6.95. The number of benzene rings is 4. The summed E-state index contributed by atoms with van der Waals surface area (Å²) >= 11 is -5.74. The molecular formula is C34H36O4Sn2. The van der Waals surface area contributed by atoms with Crippen LogP contribution in [0.4, 0.5) is 0 Å². The van der Waals surface area contributed by atoms with Crippen LogP contribution in [0.2, 0.25) is 0 Å². The Labute approximate surface area is 252 Å². The van der Waals surface area contributed by atoms with E-state index in [-0.39, 0.29) is 11.9 Å². The van der Waals surface area contributed by atoms with Crippen LogP contribution in [0.1, 0.15) is 36.1 Å². The van der Waals surface area contributed by atoms with Gasteiger partial charge in [0, 0.05) is 0 Å². The molecule has 0 aromatic heterocycles. The van der Waals surface area contributed by atoms with Gasteiger partial charge < -0.3 is 0 Å². The van der Waals surface area contributed by atoms with Crippen LogP contribution in [0.3, 0.4) is 0 Å². The first kappa shape index (κ1) is 30.1. The number of hydrogen-bond acceptors (Lipinski definition) is 4. The zero-order valence-corrected chi connectivity index (χ0v) is 29.8. The Balaban J connectivity index is 1.47. The molecule has 204 valence electrons. The molecule has 0 heterocycles. The number of hydrogen-bond donors (Lipinski definition) is 0. The number of carbonyl (C=O) groups is 2. The molecule has 0 N–H and O–H groups in total. The Bertz CT molecular complexity index is 1200. The van der Waals surface area contributed by atoms with Crippen LogP contribution in [-0.2, 0) is 33.5 Å². The Morgan fingerprint density at radius 2 is 0.675 bits per heavy atom. The van der Waals surface area contributed by atoms with Crippen molar-refractivity contribution in [2.45, 2.75) is 31.6 Å². The normalized spacial score (nSPS) is 11.7. The zero-order valence-electron chi connectivity index (χ0n) is 23.2. The fraction of sp³-hybridized carbons (Fsp3) is 0.176. The predicted molar refractivity (Wildman–Crippen MR) is 165 cm³/mol. The van der Waals surface area contributed by atoms with Gasteiger partial charge in [0.15, 0.2) is 0 Å². The van der Waals surface area contributed by atoms with Gasteiger partial charge in [-0.05, 0) is 0 Å². The molecule has 40 heavy (non-hydrogen) atoms. The molecule has 0 unspecified atom stereocenters. The van der Waals surface area contributed by atoms with Crippen LogP contribution in [0.5, 0.6) is 0 Å². The molecule has 0 amide bonds. The van der Waals surface area contributed by atoms with Gasteiger partial charge in [0.05, 0.1) is 0 Å². The van der Waals surface area contributed by atoms with Crippen molar-refractivity contribution in [2.24, 2.45) is 0 Å². The van der Waals surface area contributed by atoms with Crippen LogP contribution >= 0.6 is 0 Å². The van der Waals surface area contributed by atoms with Gasteiger partial charge in [-0.2, -0.15) is 0 Å². The van der Waals surface area contributed by atoms with E-state index < -0.39 is 40.3 Å². The standard InChI is InChI=1S/4C7H7.C6H8O4.2Sn.2H/c4*1-7-5-3-2-4-6-7;1-3(5(7)8)4(2)6(9)10;;;;/h4*2-6H,1H2;1-2H3,(H,7,8)(H,9,10);;;;/q;;;;;2*+1;;/p-2/b;;;;4-3-;;;;. The van der Waals surface area contributed by atoms with Crippen LogP contribution in [-0.4, -0.2) is 52.3 Å². The molecule has 4 rings (SSSR count). The molecule has 0 atom stereocenters. The summed E-state index contributed by atoms with van der Waals surface area (Å²) in [5.74, 6) is -0.778. The molecule has 0 bridgehead atoms. The Hall–Kier alpha value is -2.84. The van der Waals surface area contributed by atoms with Crippen molar-refractivity contribution < 1.29 is 15.7 Å². The van der Waals surface area contributed by atoms with Gasteiger partial charge >= 0.3 is 254 Å². The Morgan fingerprint density at radius 1 is 0.450 bits per heavy atom. The van der Waals surface area contributed by atoms with Crippen LogP contribution < -0.4 is 0 Å². The fourth-order valence-electron chi connectivity index (χ4n) is 4.60. The van der Waals surface area contributed by atoms with Gasteiger partial charge in [-0.3, -0.25) is 0 Å². The summed E-state index contributed by atoms with van der Waals surface area (Å²) in [5.41, 5.74) is 5.42. The molecule has 0 aliphatic rings. The summed E-state index contributed by atoms with van der Waals surface area (Å²) in [6, 6.07) is 40.8. The van der Waals surface area contributed by atoms with E-state index in [2.05, 4.69) is 48.5 Å². The van der Waals surface area contributed by atoms with Crippen LogP contribution in [0.15, 0.2) is 132 Å². The van der Waals surface area contributed by atoms with Crippen molar-refractivity contribution in [2.75, 3.05) is 0 Å². The van der Waals surface area contributed by atoms with Crippen molar-refractivity contribution in [3.8, 4) is 0 Å². The van der Waals surface area contributed by atoms with Crippen LogP contribution in [0, 0.1) is 0 Å². The van der Waals surface area contributed by atoms with Gasteiger partial charge in [0.1, 0.15) is 0 Å². The summed E-state index contributed by atoms with van der Waals surface area (Å²) in [6.07, 6.45) is 0. The Morgan fingerprint density at radius 3 is 0.900 bits per heavy atom. The van der Waals surface area contributed by atoms with Crippen molar-refractivity contribution in [3.05, 3.63) is 155 Å². The summed E-state index contributed by atoms with van der Waals surface area (Å²) in [4.78, 5) is 26.7. The molecule has 0 aliphatic carbocycles. The van der Waals surface area contributed by atoms with Crippen molar-refractivity contribution >= 4 is 52.3 Å². The minimum absolute atomic E-state index is 0.345. The van der Waals surface area contributed by atoms with E-state index in [0.717, 1.165) is 17.7 Å². The van der Waals surface area contributed by atoms with E-state index in [1.165, 1.54) is 22.3 Å². The van der Waals surface area contributed by atoms with E-state index in [1.54, 1.807) is 13.8 Å². The maximum atomic E-state index is 13.3. The predicted octanol–water partition coefficient (Wildman–Crippen LogP) is 5.98. The maximum absolute atomic E-state index is 13.3. The monoisotopic (exact) mass is 748 g/mol. The second-order valence-corrected chi connectivity index (χ2v) is 23.2. The molecule has 0 radical (unpaired) electrons. The molecule has 4 aromatic carbocycles. The first-order chi connectivity index (χ1) is 19.5. The molecule has 0 spiro atoms. The summed E-state index contributed by atoms with van der Waals surface area (Å²) in [5, 5.41) is 0. The van der Waals surface area contributed by atoms with E-state index in [9.17, 15) is 9.59 Å². The van der Waals surface area contributed by atoms with Gasteiger partial charge in [0.2, 0.25) is 0 Å². The molecule has 6 heteroatoms. The number of rotatable bonds is 12. The van der Waals surface area contributed by atoms with Crippen molar-refractivity contribution in [1.29, 1.82) is 0 Å². The molecule has 4 nitrogen and oxygen atoms in total. The second kappa shape index (κ2) is 15.8. The van der Waals surface area contributed by atoms with Gasteiger partial charge in [0.25, 0.3) is 0 Å². The third kappa shape index (κ3) is 9.66. The van der Waals surface area contributed by atoms with Gasteiger partial charge in [-0.15, -0.1) is 0 Å². The fourth-order valence-corrected chi connectivity index (χ4v) is 18.2. The zero-order chi connectivity index (χ0) is 28.2. The summed E-state index contributed by atoms with van der Waals surface area (Å²) in [7, 11) is 0.